The number of hydrogen-bond acceptors (Lipinski definition) is 4. The van der Waals surface area contributed by atoms with Gasteiger partial charge in [0.25, 0.3) is 0 Å². The second-order valence-corrected chi connectivity index (χ2v) is 6.45. The van der Waals surface area contributed by atoms with Gasteiger partial charge in [-0.05, 0) is 45.2 Å². The summed E-state index contributed by atoms with van der Waals surface area (Å²) >= 11 is 0. The molecule has 0 aromatic carbocycles. The molecule has 0 bridgehead atoms. The summed E-state index contributed by atoms with van der Waals surface area (Å²) in [5, 5.41) is 13.1. The lowest BCUT2D eigenvalue weighted by Crippen LogP contribution is -2.40. The fourth-order valence-corrected chi connectivity index (χ4v) is 3.09. The van der Waals surface area contributed by atoms with Crippen molar-refractivity contribution >= 4 is 5.69 Å². The minimum absolute atomic E-state index is 0.532. The van der Waals surface area contributed by atoms with Gasteiger partial charge in [-0.25, -0.2) is 0 Å². The molecule has 1 aromatic rings. The minimum Gasteiger partial charge on any atom is -0.369 e. The van der Waals surface area contributed by atoms with E-state index in [2.05, 4.69) is 41.2 Å². The lowest BCUT2D eigenvalue weighted by molar-refractivity contribution is 0.540. The molecule has 0 amide bonds. The number of aromatic nitrogens is 1. The fourth-order valence-electron chi connectivity index (χ4n) is 3.09. The van der Waals surface area contributed by atoms with Crippen molar-refractivity contribution in [3.05, 3.63) is 23.0 Å². The van der Waals surface area contributed by atoms with Crippen molar-refractivity contribution in [3.8, 4) is 6.07 Å². The predicted octanol–water partition coefficient (Wildman–Crippen LogP) is 2.78. The maximum Gasteiger partial charge on any atom is 0.103 e. The van der Waals surface area contributed by atoms with Gasteiger partial charge >= 0.3 is 0 Å². The molecule has 4 nitrogen and oxygen atoms in total. The zero-order valence-corrected chi connectivity index (χ0v) is 13.6. The Labute approximate surface area is 128 Å². The van der Waals surface area contributed by atoms with Crippen molar-refractivity contribution in [1.82, 2.24) is 10.3 Å². The third kappa shape index (κ3) is 3.95. The summed E-state index contributed by atoms with van der Waals surface area (Å²) in [5.41, 5.74) is 3.58. The second-order valence-electron chi connectivity index (χ2n) is 6.45. The third-order valence-electron chi connectivity index (χ3n) is 3.95. The van der Waals surface area contributed by atoms with E-state index in [9.17, 15) is 5.26 Å². The Bertz CT molecular complexity index is 524. The Morgan fingerprint density at radius 3 is 2.81 bits per heavy atom. The van der Waals surface area contributed by atoms with Crippen molar-refractivity contribution in [2.75, 3.05) is 24.5 Å². The van der Waals surface area contributed by atoms with Gasteiger partial charge in [0, 0.05) is 24.8 Å². The molecule has 1 aromatic heterocycles. The molecule has 114 valence electrons. The van der Waals surface area contributed by atoms with Crippen LogP contribution in [0.25, 0.3) is 0 Å². The molecule has 1 fully saturated rings. The van der Waals surface area contributed by atoms with E-state index >= 15 is 0 Å². The number of nitrogens with one attached hydrogen (secondary N) is 1. The smallest absolute Gasteiger partial charge is 0.103 e. The standard InChI is InChI=1S/C17H26N4/c1-12(2)10-21(11-15-6-5-7-19-15)17-8-13(3)20-14(4)16(17)9-18/h8,12,15,19H,5-7,10-11H2,1-4H3. The third-order valence-corrected chi connectivity index (χ3v) is 3.95. The van der Waals surface area contributed by atoms with Gasteiger partial charge in [-0.1, -0.05) is 13.8 Å². The van der Waals surface area contributed by atoms with Crippen LogP contribution in [0.4, 0.5) is 5.69 Å². The van der Waals surface area contributed by atoms with E-state index < -0.39 is 0 Å². The van der Waals surface area contributed by atoms with Gasteiger partial charge in [-0.15, -0.1) is 0 Å². The van der Waals surface area contributed by atoms with E-state index in [0.29, 0.717) is 12.0 Å². The lowest BCUT2D eigenvalue weighted by atomic mass is 10.1. The quantitative estimate of drug-likeness (QED) is 0.904. The number of anilines is 1. The van der Waals surface area contributed by atoms with Gasteiger partial charge in [0.05, 0.1) is 16.9 Å². The molecule has 1 aliphatic heterocycles. The van der Waals surface area contributed by atoms with Gasteiger partial charge in [-0.3, -0.25) is 4.98 Å². The summed E-state index contributed by atoms with van der Waals surface area (Å²) in [6.45, 7) is 11.4. The van der Waals surface area contributed by atoms with E-state index in [0.717, 1.165) is 42.3 Å². The van der Waals surface area contributed by atoms with E-state index in [-0.39, 0.29) is 0 Å². The van der Waals surface area contributed by atoms with Crippen molar-refractivity contribution in [1.29, 1.82) is 5.26 Å². The number of nitrogens with zero attached hydrogens (tertiary/aromatic N) is 3. The highest BCUT2D eigenvalue weighted by Gasteiger charge is 2.22. The van der Waals surface area contributed by atoms with Gasteiger partial charge in [-0.2, -0.15) is 5.26 Å². The molecule has 2 heterocycles. The lowest BCUT2D eigenvalue weighted by Gasteiger charge is -2.30. The van der Waals surface area contributed by atoms with Gasteiger partial charge in [0.1, 0.15) is 6.07 Å². The highest BCUT2D eigenvalue weighted by atomic mass is 15.2. The van der Waals surface area contributed by atoms with Crippen LogP contribution in [0.3, 0.4) is 0 Å². The summed E-state index contributed by atoms with van der Waals surface area (Å²) in [7, 11) is 0. The maximum atomic E-state index is 9.50. The summed E-state index contributed by atoms with van der Waals surface area (Å²) < 4.78 is 0. The fraction of sp³-hybridized carbons (Fsp3) is 0.647. The molecule has 1 saturated heterocycles. The Morgan fingerprint density at radius 2 is 2.24 bits per heavy atom. The molecule has 1 aliphatic rings. The van der Waals surface area contributed by atoms with E-state index in [1.54, 1.807) is 0 Å². The van der Waals surface area contributed by atoms with Crippen LogP contribution in [-0.2, 0) is 0 Å². The molecule has 1 atom stereocenters. The van der Waals surface area contributed by atoms with Gasteiger partial charge in [0.2, 0.25) is 0 Å². The first-order valence-electron chi connectivity index (χ1n) is 7.88. The molecule has 1 unspecified atom stereocenters. The van der Waals surface area contributed by atoms with Crippen LogP contribution in [0.5, 0.6) is 0 Å². The Hall–Kier alpha value is -1.60. The highest BCUT2D eigenvalue weighted by molar-refractivity contribution is 5.61. The molecule has 1 N–H and O–H groups in total. The first-order chi connectivity index (χ1) is 10.0. The van der Waals surface area contributed by atoms with Gasteiger partial charge in [0.15, 0.2) is 0 Å². The van der Waals surface area contributed by atoms with Crippen LogP contribution in [0.15, 0.2) is 6.07 Å². The molecule has 0 radical (unpaired) electrons. The van der Waals surface area contributed by atoms with Crippen molar-refractivity contribution in [3.63, 3.8) is 0 Å². The Kier molecular flexibility index (Phi) is 5.19. The Balaban J connectivity index is 2.33. The molecule has 21 heavy (non-hydrogen) atoms. The van der Waals surface area contributed by atoms with E-state index in [4.69, 9.17) is 0 Å². The van der Waals surface area contributed by atoms with Crippen LogP contribution >= 0.6 is 0 Å². The SMILES string of the molecule is Cc1cc(N(CC(C)C)CC2CCCN2)c(C#N)c(C)n1. The van der Waals surface area contributed by atoms with Gasteiger partial charge < -0.3 is 10.2 Å². The molecule has 0 saturated carbocycles. The van der Waals surface area contributed by atoms with Crippen LogP contribution in [0.2, 0.25) is 0 Å². The molecule has 2 rings (SSSR count). The summed E-state index contributed by atoms with van der Waals surface area (Å²) in [6, 6.07) is 4.94. The minimum atomic E-state index is 0.532. The molecular weight excluding hydrogens is 260 g/mol. The number of pyridine rings is 1. The molecule has 0 aliphatic carbocycles. The van der Waals surface area contributed by atoms with E-state index in [1.165, 1.54) is 12.8 Å². The molecule has 4 heteroatoms. The second kappa shape index (κ2) is 6.91. The monoisotopic (exact) mass is 286 g/mol. The molecular formula is C17H26N4. The number of hydrogen-bond donors (Lipinski definition) is 1. The Morgan fingerprint density at radius 1 is 1.48 bits per heavy atom. The average Bonchev–Trinajstić information content (AvgIpc) is 2.89. The van der Waals surface area contributed by atoms with Crippen molar-refractivity contribution < 1.29 is 0 Å². The highest BCUT2D eigenvalue weighted by Crippen LogP contribution is 2.25. The van der Waals surface area contributed by atoms with Crippen LogP contribution < -0.4 is 10.2 Å². The van der Waals surface area contributed by atoms with E-state index in [1.807, 2.05) is 13.8 Å². The number of nitriles is 1. The average molecular weight is 286 g/mol. The first-order valence-corrected chi connectivity index (χ1v) is 7.88. The van der Waals surface area contributed by atoms with Crippen LogP contribution in [0, 0.1) is 31.1 Å². The number of rotatable bonds is 5. The summed E-state index contributed by atoms with van der Waals surface area (Å²) in [5.74, 6) is 0.562. The predicted molar refractivity (Wildman–Crippen MR) is 86.5 cm³/mol. The largest absolute Gasteiger partial charge is 0.369 e. The first kappa shape index (κ1) is 15.8. The summed E-state index contributed by atoms with van der Waals surface area (Å²) in [6.07, 6.45) is 2.47. The van der Waals surface area contributed by atoms with Crippen LogP contribution in [0.1, 0.15) is 43.6 Å². The number of aryl methyl sites for hydroxylation is 2. The topological polar surface area (TPSA) is 52.0 Å². The van der Waals surface area contributed by atoms with Crippen LogP contribution in [-0.4, -0.2) is 30.7 Å². The normalized spacial score (nSPS) is 18.0. The molecule has 0 spiro atoms. The van der Waals surface area contributed by atoms with Crippen molar-refractivity contribution in [2.24, 2.45) is 5.92 Å². The zero-order valence-electron chi connectivity index (χ0n) is 13.6. The zero-order chi connectivity index (χ0) is 15.4. The summed E-state index contributed by atoms with van der Waals surface area (Å²) in [4.78, 5) is 6.80. The van der Waals surface area contributed by atoms with Crippen molar-refractivity contribution in [2.45, 2.75) is 46.6 Å². The maximum absolute atomic E-state index is 9.50.